The summed E-state index contributed by atoms with van der Waals surface area (Å²) in [6.07, 6.45) is -0.313. The van der Waals surface area contributed by atoms with E-state index in [0.717, 1.165) is 0 Å². The number of aromatic nitrogens is 4. The zero-order chi connectivity index (χ0) is 34.0. The molecule has 0 bridgehead atoms. The van der Waals surface area contributed by atoms with E-state index < -0.39 is 56.3 Å². The number of nitrogens with one attached hydrogen (secondary N) is 2. The van der Waals surface area contributed by atoms with Crippen LogP contribution in [0.5, 0.6) is 5.88 Å². The summed E-state index contributed by atoms with van der Waals surface area (Å²) < 4.78 is 54.1. The summed E-state index contributed by atoms with van der Waals surface area (Å²) in [4.78, 5) is 50.4. The molecule has 1 saturated heterocycles. The van der Waals surface area contributed by atoms with E-state index in [1.54, 1.807) is 6.92 Å². The van der Waals surface area contributed by atoms with Crippen LogP contribution in [0.15, 0.2) is 17.8 Å². The lowest BCUT2D eigenvalue weighted by molar-refractivity contribution is -0.143. The highest BCUT2D eigenvalue weighted by atomic mass is 31.2. The number of ether oxygens (including phenoxy) is 6. The SMILES string of the molecule is COC(=O)C(CC(C)C)NP(=O)(NC(CC(C)C)C(=O)OC)OCC1=C2OC(=O)OC2(C)[C@H](n2cnc3c(OC)nc(N)nc32)O1. The van der Waals surface area contributed by atoms with Crippen LogP contribution in [0.25, 0.3) is 11.2 Å². The van der Waals surface area contributed by atoms with E-state index in [2.05, 4.69) is 25.1 Å². The summed E-state index contributed by atoms with van der Waals surface area (Å²) >= 11 is 0. The molecule has 1 fully saturated rings. The molecule has 0 spiro atoms. The lowest BCUT2D eigenvalue weighted by Crippen LogP contribution is -2.45. The summed E-state index contributed by atoms with van der Waals surface area (Å²) in [7, 11) is -0.508. The highest BCUT2D eigenvalue weighted by Gasteiger charge is 2.60. The largest absolute Gasteiger partial charge is 0.515 e. The van der Waals surface area contributed by atoms with Gasteiger partial charge in [0, 0.05) is 0 Å². The number of nitrogen functional groups attached to an aromatic ring is 1. The van der Waals surface area contributed by atoms with Gasteiger partial charge in [-0.1, -0.05) is 27.7 Å². The van der Waals surface area contributed by atoms with E-state index in [1.807, 2.05) is 27.7 Å². The topological polar surface area (TPSA) is 227 Å². The molecule has 19 heteroatoms. The summed E-state index contributed by atoms with van der Waals surface area (Å²) in [5.41, 5.74) is 4.80. The van der Waals surface area contributed by atoms with Crippen molar-refractivity contribution in [1.82, 2.24) is 29.7 Å². The second-order valence-electron chi connectivity index (χ2n) is 11.7. The Morgan fingerprint density at radius 3 is 2.17 bits per heavy atom. The van der Waals surface area contributed by atoms with Gasteiger partial charge in [-0.2, -0.15) is 9.97 Å². The van der Waals surface area contributed by atoms with Crippen molar-refractivity contribution in [1.29, 1.82) is 0 Å². The number of nitrogens with two attached hydrogens (primary N) is 1. The Morgan fingerprint density at radius 1 is 1.07 bits per heavy atom. The van der Waals surface area contributed by atoms with Gasteiger partial charge in [0.2, 0.25) is 29.4 Å². The van der Waals surface area contributed by atoms with Gasteiger partial charge < -0.3 is 34.2 Å². The van der Waals surface area contributed by atoms with Crippen LogP contribution in [0.3, 0.4) is 0 Å². The standard InChI is InChI=1S/C27H40N7O11P/c1-13(2)9-15(22(35)40-7)32-46(38,33-16(10-14(3)4)23(36)41-8)42-11-17-19-27(5,45-26(37)44-19)24(43-17)34-12-29-18-20(34)30-25(28)31-21(18)39-6/h12-16,24H,9-11H2,1-8H3,(H2,28,30,31)(H2,32,33,38)/t15?,16?,24-,27?,46?/m1/s1. The number of hydrogen-bond acceptors (Lipinski definition) is 15. The third-order valence-electron chi connectivity index (χ3n) is 7.18. The minimum atomic E-state index is -4.31. The second kappa shape index (κ2) is 13.8. The number of carbonyl (C=O) groups is 3. The Hall–Kier alpha value is -3.99. The maximum atomic E-state index is 14.5. The molecule has 2 aliphatic heterocycles. The van der Waals surface area contributed by atoms with Gasteiger partial charge in [-0.3, -0.25) is 23.2 Å². The lowest BCUT2D eigenvalue weighted by Gasteiger charge is -2.29. The van der Waals surface area contributed by atoms with E-state index in [4.69, 9.17) is 38.7 Å². The average molecular weight is 670 g/mol. The van der Waals surface area contributed by atoms with Crippen LogP contribution in [0.2, 0.25) is 0 Å². The molecule has 4 rings (SSSR count). The zero-order valence-electron chi connectivity index (χ0n) is 26.9. The van der Waals surface area contributed by atoms with Crippen molar-refractivity contribution in [3.8, 4) is 5.88 Å². The van der Waals surface area contributed by atoms with E-state index >= 15 is 0 Å². The highest BCUT2D eigenvalue weighted by molar-refractivity contribution is 7.54. The van der Waals surface area contributed by atoms with Crippen molar-refractivity contribution in [3.63, 3.8) is 0 Å². The molecule has 0 saturated carbocycles. The molecule has 4 N–H and O–H groups in total. The van der Waals surface area contributed by atoms with Crippen LogP contribution in [0, 0.1) is 11.8 Å². The molecule has 18 nitrogen and oxygen atoms in total. The van der Waals surface area contributed by atoms with Crippen LogP contribution in [-0.2, 0) is 42.4 Å². The molecule has 2 aliphatic rings. The average Bonchev–Trinajstić information content (AvgIpc) is 3.62. The van der Waals surface area contributed by atoms with Crippen molar-refractivity contribution < 1.29 is 51.9 Å². The monoisotopic (exact) mass is 669 g/mol. The van der Waals surface area contributed by atoms with Crippen molar-refractivity contribution in [2.24, 2.45) is 11.8 Å². The Bertz CT molecular complexity index is 1530. The van der Waals surface area contributed by atoms with Gasteiger partial charge in [-0.25, -0.2) is 20.0 Å². The summed E-state index contributed by atoms with van der Waals surface area (Å²) in [6, 6.07) is -2.16. The molecule has 4 atom stereocenters. The van der Waals surface area contributed by atoms with Gasteiger partial charge >= 0.3 is 25.8 Å². The minimum absolute atomic E-state index is 0.0156. The molecular weight excluding hydrogens is 629 g/mol. The van der Waals surface area contributed by atoms with Crippen molar-refractivity contribution in [2.75, 3.05) is 33.7 Å². The number of rotatable bonds is 15. The van der Waals surface area contributed by atoms with Gasteiger partial charge in [0.15, 0.2) is 16.9 Å². The predicted molar refractivity (Wildman–Crippen MR) is 160 cm³/mol. The Labute approximate surface area is 265 Å². The van der Waals surface area contributed by atoms with Crippen molar-refractivity contribution >= 4 is 42.9 Å². The summed E-state index contributed by atoms with van der Waals surface area (Å²) in [6.45, 7) is 8.46. The first kappa shape index (κ1) is 34.9. The molecule has 2 aromatic heterocycles. The van der Waals surface area contributed by atoms with Crippen LogP contribution in [0.4, 0.5) is 10.7 Å². The first-order valence-electron chi connectivity index (χ1n) is 14.5. The molecule has 0 aliphatic carbocycles. The first-order chi connectivity index (χ1) is 21.6. The fraction of sp³-hybridized carbons (Fsp3) is 0.630. The number of carbonyl (C=O) groups excluding carboxylic acids is 3. The normalized spacial score (nSPS) is 21.8. The summed E-state index contributed by atoms with van der Waals surface area (Å²) in [5.74, 6) is -1.51. The molecule has 3 unspecified atom stereocenters. The van der Waals surface area contributed by atoms with Gasteiger partial charge in [0.1, 0.15) is 25.0 Å². The third kappa shape index (κ3) is 7.19. The quantitative estimate of drug-likeness (QED) is 0.141. The van der Waals surface area contributed by atoms with E-state index in [-0.39, 0.29) is 59.2 Å². The maximum absolute atomic E-state index is 14.5. The van der Waals surface area contributed by atoms with Crippen molar-refractivity contribution in [2.45, 2.75) is 71.4 Å². The maximum Gasteiger partial charge on any atom is 0.515 e. The second-order valence-corrected chi connectivity index (χ2v) is 13.6. The van der Waals surface area contributed by atoms with Gasteiger partial charge in [0.25, 0.3) is 0 Å². The first-order valence-corrected chi connectivity index (χ1v) is 16.1. The number of anilines is 1. The van der Waals surface area contributed by atoms with Crippen molar-refractivity contribution in [3.05, 3.63) is 17.8 Å². The number of hydrogen-bond donors (Lipinski definition) is 3. The fourth-order valence-corrected chi connectivity index (χ4v) is 6.93. The van der Waals surface area contributed by atoms with Crippen LogP contribution < -0.4 is 20.6 Å². The van der Waals surface area contributed by atoms with Gasteiger partial charge in [-0.15, -0.1) is 0 Å². The fourth-order valence-electron chi connectivity index (χ4n) is 5.17. The molecule has 254 valence electrons. The van der Waals surface area contributed by atoms with Gasteiger partial charge in [0.05, 0.1) is 21.3 Å². The number of methoxy groups -OCH3 is 3. The molecule has 0 radical (unpaired) electrons. The number of esters is 2. The van der Waals surface area contributed by atoms with E-state index in [0.29, 0.717) is 0 Å². The lowest BCUT2D eigenvalue weighted by atomic mass is 10.0. The number of imidazole rings is 1. The highest BCUT2D eigenvalue weighted by Crippen LogP contribution is 2.51. The third-order valence-corrected chi connectivity index (χ3v) is 8.97. The van der Waals surface area contributed by atoms with Crippen LogP contribution in [-0.4, -0.2) is 83.2 Å². The molecule has 4 heterocycles. The molecule has 0 amide bonds. The Balaban J connectivity index is 1.70. The molecule has 46 heavy (non-hydrogen) atoms. The molecule has 2 aromatic rings. The smallest absolute Gasteiger partial charge is 0.479 e. The van der Waals surface area contributed by atoms with Crippen LogP contribution >= 0.6 is 7.67 Å². The number of fused-ring (bicyclic) bond motifs is 2. The summed E-state index contributed by atoms with van der Waals surface area (Å²) in [5, 5.41) is 5.48. The van der Waals surface area contributed by atoms with E-state index in [9.17, 15) is 18.9 Å². The zero-order valence-corrected chi connectivity index (χ0v) is 27.8. The molecule has 0 aromatic carbocycles. The predicted octanol–water partition coefficient (Wildman–Crippen LogP) is 2.56. The molecular formula is C27H40N7O11P. The number of nitrogens with zero attached hydrogens (tertiary/aromatic N) is 4. The Kier molecular flexibility index (Phi) is 10.5. The Morgan fingerprint density at radius 2 is 1.65 bits per heavy atom. The van der Waals surface area contributed by atoms with E-state index in [1.165, 1.54) is 32.2 Å². The van der Waals surface area contributed by atoms with Crippen LogP contribution in [0.1, 0.15) is 53.7 Å². The van der Waals surface area contributed by atoms with Gasteiger partial charge in [-0.05, 0) is 31.6 Å². The minimum Gasteiger partial charge on any atom is -0.479 e.